The number of rotatable bonds is 1. The van der Waals surface area contributed by atoms with Crippen LogP contribution in [0.3, 0.4) is 0 Å². The Hall–Kier alpha value is -2.26. The number of nitrogens with zero attached hydrogens (tertiary/aromatic N) is 1. The highest BCUT2D eigenvalue weighted by atomic mass is 35.5. The van der Waals surface area contributed by atoms with Crippen LogP contribution >= 0.6 is 11.6 Å². The molecule has 4 rings (SSSR count). The molecule has 0 amide bonds. The lowest BCUT2D eigenvalue weighted by atomic mass is 10.1. The van der Waals surface area contributed by atoms with E-state index in [2.05, 4.69) is 0 Å². The number of ether oxygens (including phenoxy) is 1. The minimum absolute atomic E-state index is 0.0661. The van der Waals surface area contributed by atoms with E-state index in [1.807, 2.05) is 53.1 Å². The van der Waals surface area contributed by atoms with E-state index < -0.39 is 0 Å². The lowest BCUT2D eigenvalue weighted by Crippen LogP contribution is -2.13. The third-order valence-electron chi connectivity index (χ3n) is 3.78. The van der Waals surface area contributed by atoms with Gasteiger partial charge in [0.25, 0.3) is 0 Å². The first kappa shape index (κ1) is 12.5. The summed E-state index contributed by atoms with van der Waals surface area (Å²) in [5, 5.41) is 1.36. The molecule has 0 atom stereocenters. The normalized spacial score (nSPS) is 13.2. The van der Waals surface area contributed by atoms with Crippen LogP contribution in [-0.2, 0) is 6.42 Å². The summed E-state index contributed by atoms with van der Waals surface area (Å²) in [6.45, 7) is 0.543. The zero-order valence-corrected chi connectivity index (χ0v) is 11.9. The van der Waals surface area contributed by atoms with E-state index in [0.717, 1.165) is 16.8 Å². The van der Waals surface area contributed by atoms with Crippen molar-refractivity contribution in [3.05, 3.63) is 69.3 Å². The highest BCUT2D eigenvalue weighted by Gasteiger charge is 2.23. The summed E-state index contributed by atoms with van der Waals surface area (Å²) in [6, 6.07) is 15.2. The van der Waals surface area contributed by atoms with Gasteiger partial charge in [-0.05, 0) is 30.3 Å². The minimum Gasteiger partial charge on any atom is -0.478 e. The summed E-state index contributed by atoms with van der Waals surface area (Å²) in [6.07, 6.45) is 0.652. The van der Waals surface area contributed by atoms with Gasteiger partial charge in [-0.3, -0.25) is 9.36 Å². The number of aromatic nitrogens is 1. The first-order valence-electron chi connectivity index (χ1n) is 6.81. The van der Waals surface area contributed by atoms with Crippen LogP contribution in [0.15, 0.2) is 53.3 Å². The molecular formula is C17H12ClNO2. The lowest BCUT2D eigenvalue weighted by Gasteiger charge is -2.16. The predicted octanol–water partition coefficient (Wildman–Crippen LogP) is 3.58. The average molecular weight is 298 g/mol. The van der Waals surface area contributed by atoms with E-state index in [1.165, 1.54) is 0 Å². The molecule has 4 heteroatoms. The smallest absolute Gasteiger partial charge is 0.206 e. The molecule has 1 aliphatic heterocycles. The van der Waals surface area contributed by atoms with Crippen molar-refractivity contribution in [1.82, 2.24) is 4.57 Å². The molecule has 0 unspecified atom stereocenters. The molecule has 2 aromatic carbocycles. The fourth-order valence-electron chi connectivity index (χ4n) is 2.86. The number of para-hydroxylation sites is 1. The highest BCUT2D eigenvalue weighted by Crippen LogP contribution is 2.31. The Labute approximate surface area is 126 Å². The fourth-order valence-corrected chi connectivity index (χ4v) is 3.04. The van der Waals surface area contributed by atoms with Crippen molar-refractivity contribution in [2.75, 3.05) is 6.61 Å². The van der Waals surface area contributed by atoms with Crippen LogP contribution in [0.5, 0.6) is 5.88 Å². The van der Waals surface area contributed by atoms with Crippen molar-refractivity contribution in [1.29, 1.82) is 0 Å². The zero-order valence-electron chi connectivity index (χ0n) is 11.2. The van der Waals surface area contributed by atoms with E-state index in [-0.39, 0.29) is 5.43 Å². The maximum Gasteiger partial charge on any atom is 0.206 e. The first-order valence-corrected chi connectivity index (χ1v) is 7.19. The van der Waals surface area contributed by atoms with Crippen molar-refractivity contribution < 1.29 is 4.74 Å². The first-order chi connectivity index (χ1) is 10.3. The van der Waals surface area contributed by atoms with Gasteiger partial charge in [-0.15, -0.1) is 0 Å². The maximum absolute atomic E-state index is 12.6. The summed E-state index contributed by atoms with van der Waals surface area (Å²) in [4.78, 5) is 12.6. The van der Waals surface area contributed by atoms with Gasteiger partial charge in [-0.1, -0.05) is 29.8 Å². The van der Waals surface area contributed by atoms with Crippen LogP contribution in [0.1, 0.15) is 5.56 Å². The van der Waals surface area contributed by atoms with Gasteiger partial charge in [0.1, 0.15) is 0 Å². The number of fused-ring (bicyclic) bond motifs is 2. The molecule has 104 valence electrons. The average Bonchev–Trinajstić information content (AvgIpc) is 2.97. The highest BCUT2D eigenvalue weighted by molar-refractivity contribution is 6.30. The van der Waals surface area contributed by atoms with E-state index in [0.29, 0.717) is 29.3 Å². The van der Waals surface area contributed by atoms with Crippen molar-refractivity contribution in [3.8, 4) is 11.6 Å². The van der Waals surface area contributed by atoms with E-state index in [1.54, 1.807) is 0 Å². The molecule has 1 aliphatic rings. The monoisotopic (exact) mass is 297 g/mol. The fraction of sp³-hybridized carbons (Fsp3) is 0.118. The van der Waals surface area contributed by atoms with E-state index in [9.17, 15) is 4.79 Å². The summed E-state index contributed by atoms with van der Waals surface area (Å²) >= 11 is 6.11. The molecule has 3 aromatic rings. The molecule has 0 bridgehead atoms. The predicted molar refractivity (Wildman–Crippen MR) is 83.8 cm³/mol. The van der Waals surface area contributed by atoms with Gasteiger partial charge in [0.2, 0.25) is 5.88 Å². The van der Waals surface area contributed by atoms with Crippen LogP contribution in [-0.4, -0.2) is 11.2 Å². The third kappa shape index (κ3) is 1.85. The second-order valence-electron chi connectivity index (χ2n) is 5.04. The molecule has 0 radical (unpaired) electrons. The van der Waals surface area contributed by atoms with Crippen molar-refractivity contribution in [3.63, 3.8) is 0 Å². The standard InChI is InChI=1S/C17H12ClNO2/c18-11-4-3-5-12(10-11)19-15-7-2-1-6-13(15)16(20)14-8-9-21-17(14)19/h1-7,10H,8-9H2. The van der Waals surface area contributed by atoms with Gasteiger partial charge in [-0.25, -0.2) is 0 Å². The largest absolute Gasteiger partial charge is 0.478 e. The third-order valence-corrected chi connectivity index (χ3v) is 4.02. The Morgan fingerprint density at radius 1 is 1.10 bits per heavy atom. The van der Waals surface area contributed by atoms with Gasteiger partial charge >= 0.3 is 0 Å². The van der Waals surface area contributed by atoms with E-state index >= 15 is 0 Å². The second-order valence-corrected chi connectivity index (χ2v) is 5.48. The van der Waals surface area contributed by atoms with Gasteiger partial charge in [-0.2, -0.15) is 0 Å². The molecule has 3 nitrogen and oxygen atoms in total. The topological polar surface area (TPSA) is 31.2 Å². The molecular weight excluding hydrogens is 286 g/mol. The molecule has 0 spiro atoms. The summed E-state index contributed by atoms with van der Waals surface area (Å²) in [7, 11) is 0. The van der Waals surface area contributed by atoms with Crippen LogP contribution in [0.25, 0.3) is 16.6 Å². The number of halogens is 1. The second kappa shape index (κ2) is 4.64. The molecule has 0 fully saturated rings. The molecule has 2 heterocycles. The Bertz CT molecular complexity index is 914. The van der Waals surface area contributed by atoms with Crippen LogP contribution in [0.4, 0.5) is 0 Å². The Morgan fingerprint density at radius 3 is 2.81 bits per heavy atom. The van der Waals surface area contributed by atoms with Gasteiger partial charge < -0.3 is 4.74 Å². The SMILES string of the molecule is O=c1c2c(n(-c3cccc(Cl)c3)c3ccccc13)OCC2. The Balaban J connectivity index is 2.18. The van der Waals surface area contributed by atoms with Crippen molar-refractivity contribution in [2.24, 2.45) is 0 Å². The van der Waals surface area contributed by atoms with Crippen LogP contribution in [0, 0.1) is 0 Å². The quantitative estimate of drug-likeness (QED) is 0.687. The Morgan fingerprint density at radius 2 is 1.95 bits per heavy atom. The summed E-state index contributed by atoms with van der Waals surface area (Å²) in [5.74, 6) is 0.640. The molecule has 21 heavy (non-hydrogen) atoms. The number of pyridine rings is 1. The minimum atomic E-state index is 0.0661. The van der Waals surface area contributed by atoms with Gasteiger partial charge in [0.15, 0.2) is 5.43 Å². The summed E-state index contributed by atoms with van der Waals surface area (Å²) < 4.78 is 7.71. The van der Waals surface area contributed by atoms with Crippen LogP contribution in [0.2, 0.25) is 5.02 Å². The molecule has 0 saturated carbocycles. The molecule has 0 saturated heterocycles. The van der Waals surface area contributed by atoms with Gasteiger partial charge in [0, 0.05) is 16.8 Å². The molecule has 0 N–H and O–H groups in total. The molecule has 0 aliphatic carbocycles. The lowest BCUT2D eigenvalue weighted by molar-refractivity contribution is 0.338. The summed E-state index contributed by atoms with van der Waals surface area (Å²) in [5.41, 5.74) is 2.55. The number of benzene rings is 2. The van der Waals surface area contributed by atoms with Gasteiger partial charge in [0.05, 0.1) is 23.4 Å². The Kier molecular flexibility index (Phi) is 2.76. The number of hydrogen-bond acceptors (Lipinski definition) is 2. The van der Waals surface area contributed by atoms with Crippen molar-refractivity contribution in [2.45, 2.75) is 6.42 Å². The number of hydrogen-bond donors (Lipinski definition) is 0. The maximum atomic E-state index is 12.6. The zero-order chi connectivity index (χ0) is 14.4. The van der Waals surface area contributed by atoms with Crippen LogP contribution < -0.4 is 10.2 Å². The van der Waals surface area contributed by atoms with E-state index in [4.69, 9.17) is 16.3 Å². The van der Waals surface area contributed by atoms with Crippen molar-refractivity contribution >= 4 is 22.5 Å². The molecule has 1 aromatic heterocycles.